The van der Waals surface area contributed by atoms with Gasteiger partial charge in [-0.2, -0.15) is 0 Å². The number of carbonyl (C=O) groups is 1. The molecule has 1 N–H and O–H groups in total. The Morgan fingerprint density at radius 3 is 2.64 bits per heavy atom. The van der Waals surface area contributed by atoms with Gasteiger partial charge < -0.3 is 5.32 Å². The summed E-state index contributed by atoms with van der Waals surface area (Å²) < 4.78 is 0. The average Bonchev–Trinajstić information content (AvgIpc) is 2.26. The third-order valence-electron chi connectivity index (χ3n) is 2.38. The molecule has 0 amide bonds. The Bertz CT molecular complexity index is 292. The average molecular weight is 191 g/mol. The van der Waals surface area contributed by atoms with Crippen LogP contribution in [-0.4, -0.2) is 12.3 Å². The summed E-state index contributed by atoms with van der Waals surface area (Å²) in [4.78, 5) is 10.6. The lowest BCUT2D eigenvalue weighted by molar-refractivity contribution is 0.112. The predicted octanol–water partition coefficient (Wildman–Crippen LogP) is 3.10. The molecule has 2 nitrogen and oxygen atoms in total. The van der Waals surface area contributed by atoms with E-state index < -0.39 is 0 Å². The second-order valence-electron chi connectivity index (χ2n) is 3.40. The highest BCUT2D eigenvalue weighted by Gasteiger charge is 2.02. The molecular formula is C12H17NO. The fourth-order valence-corrected chi connectivity index (χ4v) is 1.43. The Labute approximate surface area is 85.3 Å². The molecule has 0 fully saturated rings. The van der Waals surface area contributed by atoms with Gasteiger partial charge in [-0.25, -0.2) is 0 Å². The molecule has 0 heterocycles. The molecule has 2 heteroatoms. The van der Waals surface area contributed by atoms with Gasteiger partial charge in [0.05, 0.1) is 0 Å². The monoisotopic (exact) mass is 191 g/mol. The van der Waals surface area contributed by atoms with Crippen LogP contribution in [-0.2, 0) is 0 Å². The van der Waals surface area contributed by atoms with Crippen molar-refractivity contribution in [1.82, 2.24) is 0 Å². The van der Waals surface area contributed by atoms with Crippen LogP contribution in [0.2, 0.25) is 0 Å². The standard InChI is InChI=1S/C12H17NO/c1-3-11(4-2)13-12-7-5-6-10(8-12)9-14/h5-9,11,13H,3-4H2,1-2H3. The number of anilines is 1. The lowest BCUT2D eigenvalue weighted by atomic mass is 10.1. The van der Waals surface area contributed by atoms with Gasteiger partial charge in [0.1, 0.15) is 6.29 Å². The number of hydrogen-bond acceptors (Lipinski definition) is 2. The van der Waals surface area contributed by atoms with Gasteiger partial charge >= 0.3 is 0 Å². The van der Waals surface area contributed by atoms with Gasteiger partial charge in [-0.05, 0) is 25.0 Å². The first-order chi connectivity index (χ1) is 6.80. The van der Waals surface area contributed by atoms with Crippen molar-refractivity contribution in [3.8, 4) is 0 Å². The lowest BCUT2D eigenvalue weighted by Gasteiger charge is -2.16. The van der Waals surface area contributed by atoms with Crippen LogP contribution in [0.1, 0.15) is 37.0 Å². The minimum atomic E-state index is 0.497. The van der Waals surface area contributed by atoms with Crippen LogP contribution >= 0.6 is 0 Å². The predicted molar refractivity (Wildman–Crippen MR) is 59.8 cm³/mol. The lowest BCUT2D eigenvalue weighted by Crippen LogP contribution is -2.16. The van der Waals surface area contributed by atoms with Crippen molar-refractivity contribution in [2.45, 2.75) is 32.7 Å². The van der Waals surface area contributed by atoms with Crippen LogP contribution in [0.5, 0.6) is 0 Å². The first-order valence-electron chi connectivity index (χ1n) is 5.12. The maximum atomic E-state index is 10.6. The van der Waals surface area contributed by atoms with E-state index in [1.807, 2.05) is 24.3 Å². The topological polar surface area (TPSA) is 29.1 Å². The fraction of sp³-hybridized carbons (Fsp3) is 0.417. The summed E-state index contributed by atoms with van der Waals surface area (Å²) in [6, 6.07) is 8.08. The van der Waals surface area contributed by atoms with Crippen molar-refractivity contribution < 1.29 is 4.79 Å². The molecule has 76 valence electrons. The fourth-order valence-electron chi connectivity index (χ4n) is 1.43. The highest BCUT2D eigenvalue weighted by atomic mass is 16.1. The second kappa shape index (κ2) is 5.43. The summed E-state index contributed by atoms with van der Waals surface area (Å²) >= 11 is 0. The van der Waals surface area contributed by atoms with Crippen molar-refractivity contribution in [3.05, 3.63) is 29.8 Å². The molecule has 0 aliphatic carbocycles. The van der Waals surface area contributed by atoms with Crippen LogP contribution < -0.4 is 5.32 Å². The van der Waals surface area contributed by atoms with Gasteiger partial charge in [0, 0.05) is 17.3 Å². The van der Waals surface area contributed by atoms with E-state index in [-0.39, 0.29) is 0 Å². The smallest absolute Gasteiger partial charge is 0.150 e. The van der Waals surface area contributed by atoms with Gasteiger partial charge in [-0.15, -0.1) is 0 Å². The molecule has 0 aliphatic rings. The van der Waals surface area contributed by atoms with Gasteiger partial charge in [-0.3, -0.25) is 4.79 Å². The Morgan fingerprint density at radius 1 is 1.36 bits per heavy atom. The van der Waals surface area contributed by atoms with E-state index in [0.717, 1.165) is 30.4 Å². The number of nitrogens with one attached hydrogen (secondary N) is 1. The minimum Gasteiger partial charge on any atom is -0.382 e. The van der Waals surface area contributed by atoms with Crippen molar-refractivity contribution in [2.24, 2.45) is 0 Å². The van der Waals surface area contributed by atoms with Crippen molar-refractivity contribution >= 4 is 12.0 Å². The van der Waals surface area contributed by atoms with E-state index in [0.29, 0.717) is 6.04 Å². The SMILES string of the molecule is CCC(CC)Nc1cccc(C=O)c1. The third-order valence-corrected chi connectivity index (χ3v) is 2.38. The normalized spacial score (nSPS) is 10.2. The Morgan fingerprint density at radius 2 is 2.07 bits per heavy atom. The molecule has 0 saturated carbocycles. The molecule has 0 unspecified atom stereocenters. The molecule has 0 radical (unpaired) electrons. The molecule has 0 aliphatic heterocycles. The van der Waals surface area contributed by atoms with Gasteiger partial charge in [0.25, 0.3) is 0 Å². The molecule has 1 aromatic carbocycles. The maximum Gasteiger partial charge on any atom is 0.150 e. The van der Waals surface area contributed by atoms with Crippen LogP contribution in [0.25, 0.3) is 0 Å². The largest absolute Gasteiger partial charge is 0.382 e. The van der Waals surface area contributed by atoms with Crippen LogP contribution in [0.3, 0.4) is 0 Å². The molecule has 1 aromatic rings. The quantitative estimate of drug-likeness (QED) is 0.724. The molecule has 0 atom stereocenters. The van der Waals surface area contributed by atoms with Crippen molar-refractivity contribution in [1.29, 1.82) is 0 Å². The zero-order chi connectivity index (χ0) is 10.4. The zero-order valence-electron chi connectivity index (χ0n) is 8.79. The molecule has 0 aromatic heterocycles. The Kier molecular flexibility index (Phi) is 4.17. The first-order valence-corrected chi connectivity index (χ1v) is 5.12. The highest BCUT2D eigenvalue weighted by molar-refractivity contribution is 5.76. The third kappa shape index (κ3) is 2.87. The van der Waals surface area contributed by atoms with E-state index >= 15 is 0 Å². The summed E-state index contributed by atoms with van der Waals surface area (Å²) in [6.07, 6.45) is 3.07. The summed E-state index contributed by atoms with van der Waals surface area (Å²) in [5.41, 5.74) is 1.75. The number of aldehydes is 1. The van der Waals surface area contributed by atoms with Crippen LogP contribution in [0.4, 0.5) is 5.69 Å². The molecule has 14 heavy (non-hydrogen) atoms. The maximum absolute atomic E-state index is 10.6. The van der Waals surface area contributed by atoms with E-state index in [1.165, 1.54) is 0 Å². The number of carbonyl (C=O) groups excluding carboxylic acids is 1. The molecule has 0 bridgehead atoms. The molecular weight excluding hydrogens is 174 g/mol. The van der Waals surface area contributed by atoms with E-state index in [1.54, 1.807) is 0 Å². The number of rotatable bonds is 5. The van der Waals surface area contributed by atoms with Crippen molar-refractivity contribution in [2.75, 3.05) is 5.32 Å². The van der Waals surface area contributed by atoms with Crippen molar-refractivity contribution in [3.63, 3.8) is 0 Å². The minimum absolute atomic E-state index is 0.497. The van der Waals surface area contributed by atoms with E-state index in [9.17, 15) is 4.79 Å². The second-order valence-corrected chi connectivity index (χ2v) is 3.40. The van der Waals surface area contributed by atoms with E-state index in [4.69, 9.17) is 0 Å². The Balaban J connectivity index is 2.70. The van der Waals surface area contributed by atoms with Crippen LogP contribution in [0.15, 0.2) is 24.3 Å². The van der Waals surface area contributed by atoms with E-state index in [2.05, 4.69) is 19.2 Å². The summed E-state index contributed by atoms with van der Waals surface area (Å²) in [6.45, 7) is 4.31. The number of benzene rings is 1. The van der Waals surface area contributed by atoms with Crippen LogP contribution in [0, 0.1) is 0 Å². The van der Waals surface area contributed by atoms with Gasteiger partial charge in [0.2, 0.25) is 0 Å². The molecule has 0 spiro atoms. The molecule has 1 rings (SSSR count). The highest BCUT2D eigenvalue weighted by Crippen LogP contribution is 2.12. The molecule has 0 saturated heterocycles. The summed E-state index contributed by atoms with van der Waals surface area (Å²) in [7, 11) is 0. The Hall–Kier alpha value is -1.31. The number of hydrogen-bond donors (Lipinski definition) is 1. The van der Waals surface area contributed by atoms with Gasteiger partial charge in [-0.1, -0.05) is 26.0 Å². The first kappa shape index (κ1) is 10.8. The summed E-state index contributed by atoms with van der Waals surface area (Å²) in [5, 5.41) is 3.39. The summed E-state index contributed by atoms with van der Waals surface area (Å²) in [5.74, 6) is 0. The zero-order valence-corrected chi connectivity index (χ0v) is 8.79. The van der Waals surface area contributed by atoms with Gasteiger partial charge in [0.15, 0.2) is 0 Å².